The molecule has 0 aromatic heterocycles. The lowest BCUT2D eigenvalue weighted by molar-refractivity contribution is -0.126. The molecule has 1 saturated heterocycles. The zero-order valence-corrected chi connectivity index (χ0v) is 8.21. The summed E-state index contributed by atoms with van der Waals surface area (Å²) in [5.74, 6) is 0.0170. The lowest BCUT2D eigenvalue weighted by atomic mass is 10.2. The van der Waals surface area contributed by atoms with Crippen LogP contribution in [0, 0.1) is 0 Å². The van der Waals surface area contributed by atoms with Crippen LogP contribution < -0.4 is 5.32 Å². The quantitative estimate of drug-likeness (QED) is 0.746. The minimum absolute atomic E-state index is 0.00981. The summed E-state index contributed by atoms with van der Waals surface area (Å²) in [4.78, 5) is 22.2. The fourth-order valence-electron chi connectivity index (χ4n) is 1.17. The van der Waals surface area contributed by atoms with Crippen molar-refractivity contribution in [1.82, 2.24) is 5.32 Å². The van der Waals surface area contributed by atoms with Crippen molar-refractivity contribution in [1.29, 1.82) is 0 Å². The van der Waals surface area contributed by atoms with Crippen LogP contribution in [0.4, 0.5) is 0 Å². The molecular weight excluding hydrogens is 198 g/mol. The van der Waals surface area contributed by atoms with Crippen LogP contribution >= 0.6 is 11.8 Å². The van der Waals surface area contributed by atoms with E-state index in [-0.39, 0.29) is 16.4 Å². The van der Waals surface area contributed by atoms with Crippen LogP contribution in [0.1, 0.15) is 16.8 Å². The first-order valence-corrected chi connectivity index (χ1v) is 5.19. The summed E-state index contributed by atoms with van der Waals surface area (Å²) in [6.07, 6.45) is 0.448. The maximum atomic E-state index is 11.6. The van der Waals surface area contributed by atoms with Gasteiger partial charge in [-0.05, 0) is 0 Å². The highest BCUT2D eigenvalue weighted by Crippen LogP contribution is 2.22. The number of β-lactam (4-membered cyclic amide) rings is 1. The van der Waals surface area contributed by atoms with E-state index < -0.39 is 0 Å². The van der Waals surface area contributed by atoms with Gasteiger partial charge in [-0.2, -0.15) is 0 Å². The van der Waals surface area contributed by atoms with Gasteiger partial charge in [0.15, 0.2) is 0 Å². The van der Waals surface area contributed by atoms with Gasteiger partial charge in [-0.25, -0.2) is 0 Å². The second-order valence-corrected chi connectivity index (χ2v) is 4.21. The fraction of sp³-hybridized carbons (Fsp3) is 0.200. The molecule has 0 aliphatic carbocycles. The maximum Gasteiger partial charge on any atom is 0.223 e. The van der Waals surface area contributed by atoms with Crippen LogP contribution in [-0.2, 0) is 4.79 Å². The summed E-state index contributed by atoms with van der Waals surface area (Å²) in [6.45, 7) is 0. The van der Waals surface area contributed by atoms with Gasteiger partial charge in [-0.1, -0.05) is 42.1 Å². The molecule has 3 nitrogen and oxygen atoms in total. The van der Waals surface area contributed by atoms with Crippen molar-refractivity contribution in [2.45, 2.75) is 11.8 Å². The van der Waals surface area contributed by atoms with E-state index in [0.717, 1.165) is 0 Å². The van der Waals surface area contributed by atoms with Crippen LogP contribution in [0.5, 0.6) is 0 Å². The number of rotatable bonds is 2. The maximum absolute atomic E-state index is 11.6. The van der Waals surface area contributed by atoms with Gasteiger partial charge in [0.25, 0.3) is 0 Å². The van der Waals surface area contributed by atoms with Gasteiger partial charge in [-0.3, -0.25) is 9.59 Å². The molecular formula is C10H9NO2S. The number of hydrogen-bond donors (Lipinski definition) is 1. The summed E-state index contributed by atoms with van der Waals surface area (Å²) in [6, 6.07) is 9.07. The minimum Gasteiger partial charge on any atom is -0.343 e. The fourth-order valence-corrected chi connectivity index (χ4v) is 2.13. The van der Waals surface area contributed by atoms with Crippen molar-refractivity contribution in [2.75, 3.05) is 0 Å². The summed E-state index contributed by atoms with van der Waals surface area (Å²) >= 11 is 1.17. The van der Waals surface area contributed by atoms with E-state index in [1.807, 2.05) is 18.2 Å². The number of nitrogens with one attached hydrogen (secondary N) is 1. The second-order valence-electron chi connectivity index (χ2n) is 3.03. The highest BCUT2D eigenvalue weighted by molar-refractivity contribution is 8.14. The lowest BCUT2D eigenvalue weighted by Gasteiger charge is -2.25. The minimum atomic E-state index is -0.0322. The Labute approximate surface area is 85.9 Å². The average Bonchev–Trinajstić information content (AvgIpc) is 2.17. The van der Waals surface area contributed by atoms with E-state index in [1.54, 1.807) is 12.1 Å². The van der Waals surface area contributed by atoms with Crippen LogP contribution in [0.15, 0.2) is 30.3 Å². The number of carbonyl (C=O) groups excluding carboxylic acids is 2. The Morgan fingerprint density at radius 3 is 2.57 bits per heavy atom. The number of benzene rings is 1. The molecule has 1 aromatic carbocycles. The van der Waals surface area contributed by atoms with Crippen LogP contribution in [-0.4, -0.2) is 16.4 Å². The number of thioether (sulfide) groups is 1. The Morgan fingerprint density at radius 2 is 2.00 bits per heavy atom. The SMILES string of the molecule is O=C1C[C@@H](SC(=O)c2ccccc2)N1. The standard InChI is InChI=1S/C10H9NO2S/c12-8-6-9(11-8)14-10(13)7-4-2-1-3-5-7/h1-5,9H,6H2,(H,11,12)/t9-/m1/s1. The molecule has 14 heavy (non-hydrogen) atoms. The molecule has 0 unspecified atom stereocenters. The van der Waals surface area contributed by atoms with Gasteiger partial charge in [0.1, 0.15) is 0 Å². The van der Waals surface area contributed by atoms with Crippen molar-refractivity contribution >= 4 is 22.8 Å². The van der Waals surface area contributed by atoms with E-state index in [2.05, 4.69) is 5.32 Å². The molecule has 1 atom stereocenters. The molecule has 0 radical (unpaired) electrons. The molecule has 1 heterocycles. The van der Waals surface area contributed by atoms with E-state index in [1.165, 1.54) is 11.8 Å². The third kappa shape index (κ3) is 1.96. The van der Waals surface area contributed by atoms with Gasteiger partial charge in [0, 0.05) is 5.56 Å². The molecule has 4 heteroatoms. The Bertz CT molecular complexity index is 356. The van der Waals surface area contributed by atoms with E-state index in [0.29, 0.717) is 12.0 Å². The molecule has 1 amide bonds. The summed E-state index contributed by atoms with van der Waals surface area (Å²) in [5.41, 5.74) is 0.679. The number of hydrogen-bond acceptors (Lipinski definition) is 3. The molecule has 2 rings (SSSR count). The number of amides is 1. The zero-order valence-electron chi connectivity index (χ0n) is 7.40. The molecule has 0 saturated carbocycles. The molecule has 1 fully saturated rings. The third-order valence-corrected chi connectivity index (χ3v) is 2.97. The Hall–Kier alpha value is -1.29. The smallest absolute Gasteiger partial charge is 0.223 e. The Morgan fingerprint density at radius 1 is 1.36 bits per heavy atom. The highest BCUT2D eigenvalue weighted by Gasteiger charge is 2.28. The predicted molar refractivity (Wildman–Crippen MR) is 54.9 cm³/mol. The van der Waals surface area contributed by atoms with Gasteiger partial charge in [0.2, 0.25) is 11.0 Å². The van der Waals surface area contributed by atoms with Crippen molar-refractivity contribution < 1.29 is 9.59 Å². The average molecular weight is 207 g/mol. The van der Waals surface area contributed by atoms with Gasteiger partial charge in [0.05, 0.1) is 11.8 Å². The second kappa shape index (κ2) is 3.84. The highest BCUT2D eigenvalue weighted by atomic mass is 32.2. The van der Waals surface area contributed by atoms with Gasteiger partial charge in [-0.15, -0.1) is 0 Å². The molecule has 1 aromatic rings. The number of carbonyl (C=O) groups is 2. The molecule has 72 valence electrons. The van der Waals surface area contributed by atoms with E-state index >= 15 is 0 Å². The van der Waals surface area contributed by atoms with Crippen LogP contribution in [0.3, 0.4) is 0 Å². The predicted octanol–water partition coefficient (Wildman–Crippen LogP) is 1.41. The summed E-state index contributed by atoms with van der Waals surface area (Å²) in [7, 11) is 0. The summed E-state index contributed by atoms with van der Waals surface area (Å²) < 4.78 is 0. The van der Waals surface area contributed by atoms with Crippen molar-refractivity contribution in [3.8, 4) is 0 Å². The topological polar surface area (TPSA) is 46.2 Å². The third-order valence-electron chi connectivity index (χ3n) is 1.95. The molecule has 1 N–H and O–H groups in total. The zero-order chi connectivity index (χ0) is 9.97. The lowest BCUT2D eigenvalue weighted by Crippen LogP contribution is -2.46. The first-order chi connectivity index (χ1) is 6.75. The molecule has 1 aliphatic rings. The monoisotopic (exact) mass is 207 g/mol. The van der Waals surface area contributed by atoms with Crippen molar-refractivity contribution in [2.24, 2.45) is 0 Å². The van der Waals surface area contributed by atoms with Gasteiger partial charge >= 0.3 is 0 Å². The normalized spacial score (nSPS) is 19.7. The van der Waals surface area contributed by atoms with Gasteiger partial charge < -0.3 is 5.32 Å². The molecule has 0 bridgehead atoms. The van der Waals surface area contributed by atoms with Crippen LogP contribution in [0.2, 0.25) is 0 Å². The van der Waals surface area contributed by atoms with E-state index in [4.69, 9.17) is 0 Å². The first-order valence-electron chi connectivity index (χ1n) is 4.31. The Balaban J connectivity index is 1.93. The first kappa shape index (κ1) is 9.27. The Kier molecular flexibility index (Phi) is 2.54. The largest absolute Gasteiger partial charge is 0.343 e. The van der Waals surface area contributed by atoms with Crippen molar-refractivity contribution in [3.05, 3.63) is 35.9 Å². The van der Waals surface area contributed by atoms with Crippen LogP contribution in [0.25, 0.3) is 0 Å². The molecule has 1 aliphatic heterocycles. The van der Waals surface area contributed by atoms with E-state index in [9.17, 15) is 9.59 Å². The van der Waals surface area contributed by atoms with Crippen molar-refractivity contribution in [3.63, 3.8) is 0 Å². The summed E-state index contributed by atoms with van der Waals surface area (Å²) in [5, 5.41) is 2.62. The molecule has 0 spiro atoms.